The maximum Gasteiger partial charge on any atom is 0.411 e. The van der Waals surface area contributed by atoms with Gasteiger partial charge in [0.2, 0.25) is 5.91 Å². The van der Waals surface area contributed by atoms with E-state index in [0.29, 0.717) is 5.75 Å². The van der Waals surface area contributed by atoms with Gasteiger partial charge in [-0.05, 0) is 25.0 Å². The first-order valence-corrected chi connectivity index (χ1v) is 8.50. The van der Waals surface area contributed by atoms with Gasteiger partial charge in [0.1, 0.15) is 18.4 Å². The fourth-order valence-electron chi connectivity index (χ4n) is 2.14. The third kappa shape index (κ3) is 9.83. The Bertz CT molecular complexity index is 594. The van der Waals surface area contributed by atoms with Crippen molar-refractivity contribution in [1.82, 2.24) is 10.6 Å². The lowest BCUT2D eigenvalue weighted by Gasteiger charge is -2.24. The summed E-state index contributed by atoms with van der Waals surface area (Å²) in [5, 5.41) is 5.12. The SMILES string of the molecule is CC(COCC(F)(F)F)NC(=O)C(NC(=O)COc1ccccc1)C(C)C. The number of amides is 2. The quantitative estimate of drug-likeness (QED) is 0.643. The predicted octanol–water partition coefficient (Wildman–Crippen LogP) is 2.29. The normalized spacial score (nSPS) is 13.7. The molecule has 0 heterocycles. The molecular formula is C18H25F3N2O4. The summed E-state index contributed by atoms with van der Waals surface area (Å²) in [6.45, 7) is 3.08. The van der Waals surface area contributed by atoms with Gasteiger partial charge in [0.25, 0.3) is 5.91 Å². The second-order valence-electron chi connectivity index (χ2n) is 6.43. The number of benzene rings is 1. The lowest BCUT2D eigenvalue weighted by Crippen LogP contribution is -2.53. The van der Waals surface area contributed by atoms with Gasteiger partial charge in [-0.2, -0.15) is 13.2 Å². The molecule has 0 aromatic heterocycles. The van der Waals surface area contributed by atoms with Crippen LogP contribution in [0.1, 0.15) is 20.8 Å². The van der Waals surface area contributed by atoms with Gasteiger partial charge in [-0.1, -0.05) is 32.0 Å². The van der Waals surface area contributed by atoms with E-state index < -0.39 is 36.7 Å². The molecule has 0 spiro atoms. The second-order valence-corrected chi connectivity index (χ2v) is 6.43. The number of ether oxygens (including phenoxy) is 2. The summed E-state index contributed by atoms with van der Waals surface area (Å²) in [6.07, 6.45) is -4.42. The van der Waals surface area contributed by atoms with Gasteiger partial charge in [-0.3, -0.25) is 9.59 Å². The number of hydrogen-bond acceptors (Lipinski definition) is 4. The summed E-state index contributed by atoms with van der Waals surface area (Å²) in [7, 11) is 0. The molecule has 0 saturated carbocycles. The van der Waals surface area contributed by atoms with Gasteiger partial charge < -0.3 is 20.1 Å². The standard InChI is InChI=1S/C18H25F3N2O4/c1-12(2)16(17(25)22-13(3)9-26-11-18(19,20)21)23-15(24)10-27-14-7-5-4-6-8-14/h4-8,12-13,16H,9-11H2,1-3H3,(H,22,25)(H,23,24). The summed E-state index contributed by atoms with van der Waals surface area (Å²) < 4.78 is 46.1. The summed E-state index contributed by atoms with van der Waals surface area (Å²) in [5.41, 5.74) is 0. The second kappa shape index (κ2) is 10.8. The first-order valence-electron chi connectivity index (χ1n) is 8.50. The highest BCUT2D eigenvalue weighted by Crippen LogP contribution is 2.14. The average Bonchev–Trinajstić information content (AvgIpc) is 2.57. The Morgan fingerprint density at radius 1 is 1.07 bits per heavy atom. The zero-order valence-corrected chi connectivity index (χ0v) is 15.5. The highest BCUT2D eigenvalue weighted by atomic mass is 19.4. The zero-order valence-electron chi connectivity index (χ0n) is 15.5. The maximum atomic E-state index is 12.3. The number of carbonyl (C=O) groups excluding carboxylic acids is 2. The van der Waals surface area contributed by atoms with Crippen molar-refractivity contribution in [2.75, 3.05) is 19.8 Å². The number of alkyl halides is 3. The third-order valence-electron chi connectivity index (χ3n) is 3.40. The van der Waals surface area contributed by atoms with Crippen molar-refractivity contribution in [2.24, 2.45) is 5.92 Å². The number of hydrogen-bond donors (Lipinski definition) is 2. The highest BCUT2D eigenvalue weighted by Gasteiger charge is 2.29. The van der Waals surface area contributed by atoms with E-state index >= 15 is 0 Å². The molecule has 6 nitrogen and oxygen atoms in total. The van der Waals surface area contributed by atoms with Crippen molar-refractivity contribution >= 4 is 11.8 Å². The van der Waals surface area contributed by atoms with Crippen LogP contribution in [0.25, 0.3) is 0 Å². The molecule has 0 bridgehead atoms. The molecule has 0 radical (unpaired) electrons. The Labute approximate surface area is 156 Å². The number of para-hydroxylation sites is 1. The van der Waals surface area contributed by atoms with Crippen molar-refractivity contribution in [2.45, 2.75) is 39.0 Å². The molecule has 1 aromatic carbocycles. The monoisotopic (exact) mass is 390 g/mol. The van der Waals surface area contributed by atoms with Crippen molar-refractivity contribution in [1.29, 1.82) is 0 Å². The van der Waals surface area contributed by atoms with Crippen molar-refractivity contribution in [3.8, 4) is 5.75 Å². The van der Waals surface area contributed by atoms with Crippen LogP contribution in [0.3, 0.4) is 0 Å². The van der Waals surface area contributed by atoms with E-state index in [-0.39, 0.29) is 19.1 Å². The van der Waals surface area contributed by atoms with E-state index in [1.807, 2.05) is 6.07 Å². The minimum absolute atomic E-state index is 0.228. The first kappa shape index (κ1) is 22.8. The minimum Gasteiger partial charge on any atom is -0.484 e. The molecule has 9 heteroatoms. The average molecular weight is 390 g/mol. The number of nitrogens with one attached hydrogen (secondary N) is 2. The Morgan fingerprint density at radius 3 is 2.26 bits per heavy atom. The van der Waals surface area contributed by atoms with E-state index in [9.17, 15) is 22.8 Å². The van der Waals surface area contributed by atoms with Gasteiger partial charge in [-0.15, -0.1) is 0 Å². The van der Waals surface area contributed by atoms with Crippen LogP contribution in [0.5, 0.6) is 5.75 Å². The van der Waals surface area contributed by atoms with Crippen LogP contribution >= 0.6 is 0 Å². The fraction of sp³-hybridized carbons (Fsp3) is 0.556. The Morgan fingerprint density at radius 2 is 1.70 bits per heavy atom. The Kier molecular flexibility index (Phi) is 9.07. The zero-order chi connectivity index (χ0) is 20.4. The van der Waals surface area contributed by atoms with Gasteiger partial charge in [0.15, 0.2) is 6.61 Å². The van der Waals surface area contributed by atoms with E-state index in [1.54, 1.807) is 38.1 Å². The molecule has 2 N–H and O–H groups in total. The van der Waals surface area contributed by atoms with Crippen molar-refractivity contribution < 1.29 is 32.2 Å². The lowest BCUT2D eigenvalue weighted by atomic mass is 10.0. The number of halogens is 3. The van der Waals surface area contributed by atoms with Crippen LogP contribution in [0.2, 0.25) is 0 Å². The van der Waals surface area contributed by atoms with Gasteiger partial charge >= 0.3 is 6.18 Å². The lowest BCUT2D eigenvalue weighted by molar-refractivity contribution is -0.175. The molecule has 0 aliphatic heterocycles. The van der Waals surface area contributed by atoms with Gasteiger partial charge in [-0.25, -0.2) is 0 Å². The molecule has 27 heavy (non-hydrogen) atoms. The third-order valence-corrected chi connectivity index (χ3v) is 3.40. The molecule has 0 aliphatic rings. The van der Waals surface area contributed by atoms with Crippen LogP contribution in [0, 0.1) is 5.92 Å². The molecule has 152 valence electrons. The topological polar surface area (TPSA) is 76.7 Å². The molecule has 1 rings (SSSR count). The van der Waals surface area contributed by atoms with Crippen LogP contribution in [0.15, 0.2) is 30.3 Å². The number of carbonyl (C=O) groups is 2. The molecule has 0 aliphatic carbocycles. The molecule has 2 unspecified atom stereocenters. The summed E-state index contributed by atoms with van der Waals surface area (Å²) >= 11 is 0. The van der Waals surface area contributed by atoms with Crippen molar-refractivity contribution in [3.05, 3.63) is 30.3 Å². The summed E-state index contributed by atoms with van der Waals surface area (Å²) in [5.74, 6) is -0.683. The predicted molar refractivity (Wildman–Crippen MR) is 93.2 cm³/mol. The minimum atomic E-state index is -4.42. The number of rotatable bonds is 10. The molecular weight excluding hydrogens is 365 g/mol. The molecule has 2 atom stereocenters. The van der Waals surface area contributed by atoms with E-state index in [2.05, 4.69) is 15.4 Å². The van der Waals surface area contributed by atoms with E-state index in [1.165, 1.54) is 6.92 Å². The molecule has 1 aromatic rings. The molecule has 0 saturated heterocycles. The maximum absolute atomic E-state index is 12.3. The molecule has 2 amide bonds. The highest BCUT2D eigenvalue weighted by molar-refractivity contribution is 5.88. The van der Waals surface area contributed by atoms with Crippen molar-refractivity contribution in [3.63, 3.8) is 0 Å². The largest absolute Gasteiger partial charge is 0.484 e. The summed E-state index contributed by atoms with van der Waals surface area (Å²) in [6, 6.07) is 7.25. The van der Waals surface area contributed by atoms with Gasteiger partial charge in [0, 0.05) is 6.04 Å². The summed E-state index contributed by atoms with van der Waals surface area (Å²) in [4.78, 5) is 24.4. The Hall–Kier alpha value is -2.29. The van der Waals surface area contributed by atoms with E-state index in [0.717, 1.165) is 0 Å². The van der Waals surface area contributed by atoms with Crippen LogP contribution in [0.4, 0.5) is 13.2 Å². The van der Waals surface area contributed by atoms with E-state index in [4.69, 9.17) is 4.74 Å². The van der Waals surface area contributed by atoms with Crippen LogP contribution in [-0.4, -0.2) is 49.9 Å². The smallest absolute Gasteiger partial charge is 0.411 e. The van der Waals surface area contributed by atoms with Crippen LogP contribution < -0.4 is 15.4 Å². The Balaban J connectivity index is 2.46. The fourth-order valence-corrected chi connectivity index (χ4v) is 2.14. The van der Waals surface area contributed by atoms with Crippen LogP contribution in [-0.2, 0) is 14.3 Å². The first-order chi connectivity index (χ1) is 12.6. The molecule has 0 fully saturated rings. The van der Waals surface area contributed by atoms with Gasteiger partial charge in [0.05, 0.1) is 6.61 Å².